The first-order valence-corrected chi connectivity index (χ1v) is 8.68. The van der Waals surface area contributed by atoms with Gasteiger partial charge in [0.05, 0.1) is 6.61 Å². The minimum absolute atomic E-state index is 0.157. The summed E-state index contributed by atoms with van der Waals surface area (Å²) in [4.78, 5) is 0. The van der Waals surface area contributed by atoms with Crippen LogP contribution in [-0.2, 0) is 10.2 Å². The summed E-state index contributed by atoms with van der Waals surface area (Å²) in [7, 11) is -2.03. The molecule has 118 valence electrons. The van der Waals surface area contributed by atoms with Crippen molar-refractivity contribution in [2.75, 3.05) is 26.7 Å². The van der Waals surface area contributed by atoms with E-state index in [0.717, 1.165) is 24.3 Å². The fourth-order valence-electron chi connectivity index (χ4n) is 2.62. The number of hydrogen-bond acceptors (Lipinski definition) is 4. The highest BCUT2D eigenvalue weighted by atomic mass is 32.2. The molecule has 0 aliphatic carbocycles. The Hall–Kier alpha value is -1.15. The number of benzene rings is 1. The second kappa shape index (κ2) is 7.22. The van der Waals surface area contributed by atoms with Crippen LogP contribution in [0, 0.1) is 0 Å². The molecule has 1 aliphatic heterocycles. The minimum atomic E-state index is -3.44. The molecule has 1 heterocycles. The molecular formula is C14H23N3O3S. The van der Waals surface area contributed by atoms with Gasteiger partial charge in [0, 0.05) is 25.6 Å². The predicted octanol–water partition coefficient (Wildman–Crippen LogP) is 0.585. The van der Waals surface area contributed by atoms with Crippen molar-refractivity contribution in [3.8, 4) is 5.75 Å². The molecule has 0 bridgehead atoms. The second-order valence-corrected chi connectivity index (χ2v) is 6.68. The summed E-state index contributed by atoms with van der Waals surface area (Å²) in [6, 6.07) is 7.74. The van der Waals surface area contributed by atoms with E-state index in [1.54, 1.807) is 0 Å². The van der Waals surface area contributed by atoms with Gasteiger partial charge in [0.2, 0.25) is 0 Å². The van der Waals surface area contributed by atoms with E-state index in [1.165, 1.54) is 7.05 Å². The molecule has 3 N–H and O–H groups in total. The largest absolute Gasteiger partial charge is 0.494 e. The lowest BCUT2D eigenvalue weighted by molar-refractivity contribution is 0.339. The Kier molecular flexibility index (Phi) is 5.58. The molecule has 1 fully saturated rings. The number of ether oxygens (including phenoxy) is 1. The van der Waals surface area contributed by atoms with Crippen molar-refractivity contribution < 1.29 is 13.2 Å². The quantitative estimate of drug-likeness (QED) is 0.718. The van der Waals surface area contributed by atoms with Crippen LogP contribution >= 0.6 is 0 Å². The smallest absolute Gasteiger partial charge is 0.276 e. The topological polar surface area (TPSA) is 79.5 Å². The van der Waals surface area contributed by atoms with E-state index in [9.17, 15) is 8.42 Å². The van der Waals surface area contributed by atoms with Gasteiger partial charge in [0.15, 0.2) is 0 Å². The second-order valence-electron chi connectivity index (χ2n) is 5.03. The molecule has 1 saturated heterocycles. The Morgan fingerprint density at radius 3 is 2.67 bits per heavy atom. The van der Waals surface area contributed by atoms with Crippen molar-refractivity contribution in [1.82, 2.24) is 14.8 Å². The molecule has 2 rings (SSSR count). The molecule has 0 aromatic heterocycles. The zero-order valence-electron chi connectivity index (χ0n) is 12.4. The fraction of sp³-hybridized carbons (Fsp3) is 0.571. The maximum atomic E-state index is 11.7. The first-order valence-electron chi connectivity index (χ1n) is 7.20. The molecule has 0 amide bonds. The van der Waals surface area contributed by atoms with Crippen LogP contribution in [0.2, 0.25) is 0 Å². The lowest BCUT2D eigenvalue weighted by atomic mass is 9.86. The maximum Gasteiger partial charge on any atom is 0.276 e. The molecule has 1 aliphatic rings. The van der Waals surface area contributed by atoms with Gasteiger partial charge < -0.3 is 10.1 Å². The van der Waals surface area contributed by atoms with E-state index < -0.39 is 10.2 Å². The zero-order valence-corrected chi connectivity index (χ0v) is 13.2. The molecule has 1 aromatic carbocycles. The molecular weight excluding hydrogens is 290 g/mol. The van der Waals surface area contributed by atoms with Gasteiger partial charge >= 0.3 is 0 Å². The first kappa shape index (κ1) is 16.2. The Bertz CT molecular complexity index is 545. The average Bonchev–Trinajstić information content (AvgIpc) is 2.49. The highest BCUT2D eigenvalue weighted by molar-refractivity contribution is 7.87. The highest BCUT2D eigenvalue weighted by Crippen LogP contribution is 2.27. The lowest BCUT2D eigenvalue weighted by Gasteiger charge is -2.32. The monoisotopic (exact) mass is 313 g/mol. The van der Waals surface area contributed by atoms with E-state index >= 15 is 0 Å². The summed E-state index contributed by atoms with van der Waals surface area (Å²) < 4.78 is 33.9. The van der Waals surface area contributed by atoms with Crippen molar-refractivity contribution in [2.24, 2.45) is 0 Å². The molecule has 0 saturated carbocycles. The third-order valence-electron chi connectivity index (χ3n) is 3.68. The van der Waals surface area contributed by atoms with E-state index in [1.807, 2.05) is 31.2 Å². The Morgan fingerprint density at radius 1 is 1.33 bits per heavy atom. The summed E-state index contributed by atoms with van der Waals surface area (Å²) in [5.41, 5.74) is 1.13. The molecule has 6 nitrogen and oxygen atoms in total. The van der Waals surface area contributed by atoms with Crippen LogP contribution in [0.5, 0.6) is 5.75 Å². The summed E-state index contributed by atoms with van der Waals surface area (Å²) in [5.74, 6) is 0.993. The van der Waals surface area contributed by atoms with Crippen molar-refractivity contribution in [1.29, 1.82) is 0 Å². The number of nitrogens with one attached hydrogen (secondary N) is 3. The minimum Gasteiger partial charge on any atom is -0.494 e. The van der Waals surface area contributed by atoms with Crippen LogP contribution in [0.25, 0.3) is 0 Å². The average molecular weight is 313 g/mol. The maximum absolute atomic E-state index is 11.7. The highest BCUT2D eigenvalue weighted by Gasteiger charge is 2.29. The predicted molar refractivity (Wildman–Crippen MR) is 82.7 cm³/mol. The van der Waals surface area contributed by atoms with E-state index in [2.05, 4.69) is 14.8 Å². The van der Waals surface area contributed by atoms with Crippen LogP contribution in [0.4, 0.5) is 0 Å². The summed E-state index contributed by atoms with van der Waals surface area (Å²) in [5, 5.41) is 3.23. The standard InChI is InChI=1S/C14H23N3O3S/c1-3-20-12-6-4-11(5-7-12)13-8-9-16-10-14(13)17-21(18,19)15-2/h4-7,13-17H,3,8-10H2,1-2H3/t13-,14-/m0/s1. The number of rotatable bonds is 6. The van der Waals surface area contributed by atoms with Crippen LogP contribution < -0.4 is 19.5 Å². The van der Waals surface area contributed by atoms with Gasteiger partial charge in [-0.3, -0.25) is 0 Å². The third kappa shape index (κ3) is 4.41. The van der Waals surface area contributed by atoms with E-state index in [0.29, 0.717) is 13.2 Å². The van der Waals surface area contributed by atoms with Crippen LogP contribution in [0.1, 0.15) is 24.8 Å². The van der Waals surface area contributed by atoms with Crippen molar-refractivity contribution >= 4 is 10.2 Å². The molecule has 0 unspecified atom stereocenters. The van der Waals surface area contributed by atoms with Gasteiger partial charge in [-0.25, -0.2) is 4.72 Å². The van der Waals surface area contributed by atoms with Crippen LogP contribution in [0.15, 0.2) is 24.3 Å². The molecule has 21 heavy (non-hydrogen) atoms. The van der Waals surface area contributed by atoms with E-state index in [-0.39, 0.29) is 12.0 Å². The van der Waals surface area contributed by atoms with Crippen molar-refractivity contribution in [3.05, 3.63) is 29.8 Å². The Morgan fingerprint density at radius 2 is 2.05 bits per heavy atom. The SMILES string of the molecule is CCOc1ccc([C@@H]2CCNC[C@@H]2NS(=O)(=O)NC)cc1. The van der Waals surface area contributed by atoms with Gasteiger partial charge in [-0.15, -0.1) is 0 Å². The van der Waals surface area contributed by atoms with Gasteiger partial charge in [0.25, 0.3) is 10.2 Å². The van der Waals surface area contributed by atoms with Gasteiger partial charge in [0.1, 0.15) is 5.75 Å². The summed E-state index contributed by atoms with van der Waals surface area (Å²) in [6.45, 7) is 4.09. The van der Waals surface area contributed by atoms with Gasteiger partial charge in [-0.1, -0.05) is 12.1 Å². The molecule has 2 atom stereocenters. The molecule has 1 aromatic rings. The Balaban J connectivity index is 2.14. The molecule has 0 spiro atoms. The number of hydrogen-bond donors (Lipinski definition) is 3. The van der Waals surface area contributed by atoms with Crippen molar-refractivity contribution in [3.63, 3.8) is 0 Å². The van der Waals surface area contributed by atoms with Gasteiger partial charge in [-0.2, -0.15) is 13.1 Å². The fourth-order valence-corrected chi connectivity index (χ4v) is 3.38. The summed E-state index contributed by atoms with van der Waals surface area (Å²) >= 11 is 0. The normalized spacial score (nSPS) is 23.0. The van der Waals surface area contributed by atoms with Crippen molar-refractivity contribution in [2.45, 2.75) is 25.3 Å². The number of piperidine rings is 1. The first-order chi connectivity index (χ1) is 10.1. The molecule has 7 heteroatoms. The zero-order chi connectivity index (χ0) is 15.3. The van der Waals surface area contributed by atoms with Crippen LogP contribution in [-0.4, -0.2) is 41.2 Å². The van der Waals surface area contributed by atoms with E-state index in [4.69, 9.17) is 4.74 Å². The Labute approximate surface area is 126 Å². The third-order valence-corrected chi connectivity index (χ3v) is 4.83. The summed E-state index contributed by atoms with van der Waals surface area (Å²) in [6.07, 6.45) is 0.894. The van der Waals surface area contributed by atoms with Crippen LogP contribution in [0.3, 0.4) is 0 Å². The lowest BCUT2D eigenvalue weighted by Crippen LogP contribution is -2.52. The molecule has 0 radical (unpaired) electrons. The van der Waals surface area contributed by atoms with Gasteiger partial charge in [-0.05, 0) is 37.6 Å².